The molecular formula is C18H17N3O2. The molecule has 2 aromatic carbocycles. The van der Waals surface area contributed by atoms with E-state index in [9.17, 15) is 4.79 Å². The van der Waals surface area contributed by atoms with E-state index in [1.165, 1.54) is 0 Å². The fourth-order valence-electron chi connectivity index (χ4n) is 2.38. The van der Waals surface area contributed by atoms with E-state index >= 15 is 0 Å². The molecule has 23 heavy (non-hydrogen) atoms. The van der Waals surface area contributed by atoms with Crippen LogP contribution in [0.2, 0.25) is 0 Å². The molecule has 3 rings (SSSR count). The Morgan fingerprint density at radius 1 is 1.17 bits per heavy atom. The Morgan fingerprint density at radius 2 is 2.04 bits per heavy atom. The molecule has 5 nitrogen and oxygen atoms in total. The van der Waals surface area contributed by atoms with Crippen molar-refractivity contribution in [3.63, 3.8) is 0 Å². The van der Waals surface area contributed by atoms with Gasteiger partial charge in [0.05, 0.1) is 17.9 Å². The van der Waals surface area contributed by atoms with Crippen molar-refractivity contribution in [3.05, 3.63) is 78.1 Å². The number of amides is 1. The first kappa shape index (κ1) is 15.0. The van der Waals surface area contributed by atoms with Gasteiger partial charge in [0.2, 0.25) is 0 Å². The summed E-state index contributed by atoms with van der Waals surface area (Å²) in [4.78, 5) is 12.6. The van der Waals surface area contributed by atoms with Gasteiger partial charge in [-0.2, -0.15) is 5.10 Å². The zero-order chi connectivity index (χ0) is 16.1. The molecule has 0 fully saturated rings. The molecule has 0 atom stereocenters. The SMILES string of the molecule is COCc1cccc(NC(=O)c2ccccc2-n2cccn2)c1. The molecule has 0 aliphatic rings. The minimum Gasteiger partial charge on any atom is -0.380 e. The number of carbonyl (C=O) groups is 1. The lowest BCUT2D eigenvalue weighted by Crippen LogP contribution is -2.15. The Hall–Kier alpha value is -2.92. The summed E-state index contributed by atoms with van der Waals surface area (Å²) >= 11 is 0. The van der Waals surface area contributed by atoms with Gasteiger partial charge in [-0.1, -0.05) is 24.3 Å². The number of nitrogens with one attached hydrogen (secondary N) is 1. The van der Waals surface area contributed by atoms with Crippen molar-refractivity contribution in [2.75, 3.05) is 12.4 Å². The van der Waals surface area contributed by atoms with Gasteiger partial charge in [0.1, 0.15) is 0 Å². The smallest absolute Gasteiger partial charge is 0.257 e. The van der Waals surface area contributed by atoms with Crippen molar-refractivity contribution < 1.29 is 9.53 Å². The number of methoxy groups -OCH3 is 1. The van der Waals surface area contributed by atoms with Crippen LogP contribution in [0.3, 0.4) is 0 Å². The number of aromatic nitrogens is 2. The summed E-state index contributed by atoms with van der Waals surface area (Å²) in [6.45, 7) is 0.508. The average Bonchev–Trinajstić information content (AvgIpc) is 3.10. The summed E-state index contributed by atoms with van der Waals surface area (Å²) in [5.41, 5.74) is 3.04. The monoisotopic (exact) mass is 307 g/mol. The van der Waals surface area contributed by atoms with Crippen LogP contribution in [0.1, 0.15) is 15.9 Å². The average molecular weight is 307 g/mol. The van der Waals surface area contributed by atoms with E-state index < -0.39 is 0 Å². The number of anilines is 1. The Morgan fingerprint density at radius 3 is 2.83 bits per heavy atom. The van der Waals surface area contributed by atoms with Crippen LogP contribution in [-0.2, 0) is 11.3 Å². The number of hydrogen-bond acceptors (Lipinski definition) is 3. The molecule has 0 saturated carbocycles. The molecule has 0 radical (unpaired) electrons. The van der Waals surface area contributed by atoms with E-state index in [1.807, 2.05) is 54.7 Å². The third kappa shape index (κ3) is 3.46. The van der Waals surface area contributed by atoms with Crippen molar-refractivity contribution in [1.29, 1.82) is 0 Å². The van der Waals surface area contributed by atoms with E-state index in [1.54, 1.807) is 24.1 Å². The zero-order valence-corrected chi connectivity index (χ0v) is 12.8. The molecule has 116 valence electrons. The molecule has 0 unspecified atom stereocenters. The second-order valence-corrected chi connectivity index (χ2v) is 5.06. The molecule has 1 heterocycles. The Balaban J connectivity index is 1.86. The first-order valence-corrected chi connectivity index (χ1v) is 7.26. The molecule has 0 aliphatic heterocycles. The standard InChI is InChI=1S/C18H17N3O2/c1-23-13-14-6-4-7-15(12-14)20-18(22)16-8-2-3-9-17(16)21-11-5-10-19-21/h2-12H,13H2,1H3,(H,20,22). The summed E-state index contributed by atoms with van der Waals surface area (Å²) in [6, 6.07) is 16.8. The molecular weight excluding hydrogens is 290 g/mol. The Bertz CT molecular complexity index is 798. The van der Waals surface area contributed by atoms with Crippen LogP contribution in [-0.4, -0.2) is 22.8 Å². The summed E-state index contributed by atoms with van der Waals surface area (Å²) < 4.78 is 6.79. The van der Waals surface area contributed by atoms with Crippen LogP contribution < -0.4 is 5.32 Å². The van der Waals surface area contributed by atoms with Gasteiger partial charge in [-0.3, -0.25) is 4.79 Å². The van der Waals surface area contributed by atoms with Gasteiger partial charge in [-0.15, -0.1) is 0 Å². The third-order valence-electron chi connectivity index (χ3n) is 3.40. The van der Waals surface area contributed by atoms with Gasteiger partial charge in [0, 0.05) is 25.2 Å². The predicted molar refractivity (Wildman–Crippen MR) is 88.7 cm³/mol. The number of rotatable bonds is 5. The van der Waals surface area contributed by atoms with E-state index in [4.69, 9.17) is 4.74 Å². The number of hydrogen-bond donors (Lipinski definition) is 1. The van der Waals surface area contributed by atoms with Gasteiger partial charge in [-0.05, 0) is 35.9 Å². The highest BCUT2D eigenvalue weighted by Gasteiger charge is 2.12. The first-order chi connectivity index (χ1) is 11.3. The number of benzene rings is 2. The van der Waals surface area contributed by atoms with Crippen molar-refractivity contribution in [2.24, 2.45) is 0 Å². The second kappa shape index (κ2) is 6.89. The second-order valence-electron chi connectivity index (χ2n) is 5.06. The van der Waals surface area contributed by atoms with Crippen LogP contribution in [0.15, 0.2) is 67.0 Å². The van der Waals surface area contributed by atoms with E-state index in [0.29, 0.717) is 12.2 Å². The quantitative estimate of drug-likeness (QED) is 0.787. The minimum absolute atomic E-state index is 0.175. The molecule has 1 amide bonds. The number of carbonyl (C=O) groups excluding carboxylic acids is 1. The van der Waals surface area contributed by atoms with Crippen LogP contribution in [0.5, 0.6) is 0 Å². The van der Waals surface area contributed by atoms with Gasteiger partial charge in [-0.25, -0.2) is 4.68 Å². The lowest BCUT2D eigenvalue weighted by Gasteiger charge is -2.11. The fourth-order valence-corrected chi connectivity index (χ4v) is 2.38. The molecule has 5 heteroatoms. The van der Waals surface area contributed by atoms with Crippen LogP contribution in [0, 0.1) is 0 Å². The topological polar surface area (TPSA) is 56.1 Å². The molecule has 3 aromatic rings. The molecule has 1 N–H and O–H groups in total. The lowest BCUT2D eigenvalue weighted by molar-refractivity contribution is 0.102. The van der Waals surface area contributed by atoms with Crippen LogP contribution in [0.25, 0.3) is 5.69 Å². The zero-order valence-electron chi connectivity index (χ0n) is 12.8. The summed E-state index contributed by atoms with van der Waals surface area (Å²) in [5, 5.41) is 7.12. The normalized spacial score (nSPS) is 10.5. The fraction of sp³-hybridized carbons (Fsp3) is 0.111. The highest BCUT2D eigenvalue weighted by molar-refractivity contribution is 6.06. The van der Waals surface area contributed by atoms with Crippen LogP contribution >= 0.6 is 0 Å². The maximum absolute atomic E-state index is 12.6. The molecule has 0 spiro atoms. The number of nitrogens with zero attached hydrogens (tertiary/aromatic N) is 2. The maximum Gasteiger partial charge on any atom is 0.257 e. The predicted octanol–water partition coefficient (Wildman–Crippen LogP) is 3.27. The Kier molecular flexibility index (Phi) is 4.49. The van der Waals surface area contributed by atoms with Gasteiger partial charge < -0.3 is 10.1 Å². The maximum atomic E-state index is 12.6. The van der Waals surface area contributed by atoms with Gasteiger partial charge in [0.15, 0.2) is 0 Å². The van der Waals surface area contributed by atoms with E-state index in [-0.39, 0.29) is 5.91 Å². The van der Waals surface area contributed by atoms with E-state index in [2.05, 4.69) is 10.4 Å². The van der Waals surface area contributed by atoms with Gasteiger partial charge in [0.25, 0.3) is 5.91 Å². The van der Waals surface area contributed by atoms with Crippen molar-refractivity contribution in [1.82, 2.24) is 9.78 Å². The van der Waals surface area contributed by atoms with Crippen molar-refractivity contribution >= 4 is 11.6 Å². The van der Waals surface area contributed by atoms with Crippen molar-refractivity contribution in [3.8, 4) is 5.69 Å². The van der Waals surface area contributed by atoms with Gasteiger partial charge >= 0.3 is 0 Å². The molecule has 0 aliphatic carbocycles. The highest BCUT2D eigenvalue weighted by atomic mass is 16.5. The summed E-state index contributed by atoms with van der Waals surface area (Å²) in [5.74, 6) is -0.175. The lowest BCUT2D eigenvalue weighted by atomic mass is 10.1. The largest absolute Gasteiger partial charge is 0.380 e. The first-order valence-electron chi connectivity index (χ1n) is 7.26. The summed E-state index contributed by atoms with van der Waals surface area (Å²) in [6.07, 6.45) is 3.49. The van der Waals surface area contributed by atoms with E-state index in [0.717, 1.165) is 16.9 Å². The number of para-hydroxylation sites is 1. The van der Waals surface area contributed by atoms with Crippen LogP contribution in [0.4, 0.5) is 5.69 Å². The highest BCUT2D eigenvalue weighted by Crippen LogP contribution is 2.17. The third-order valence-corrected chi connectivity index (χ3v) is 3.40. The molecule has 1 aromatic heterocycles. The summed E-state index contributed by atoms with van der Waals surface area (Å²) in [7, 11) is 1.64. The Labute approximate surface area is 134 Å². The minimum atomic E-state index is -0.175. The molecule has 0 bridgehead atoms. The number of ether oxygens (including phenoxy) is 1. The van der Waals surface area contributed by atoms with Crippen molar-refractivity contribution in [2.45, 2.75) is 6.61 Å². The molecule has 0 saturated heterocycles.